The van der Waals surface area contributed by atoms with Crippen LogP contribution in [0.3, 0.4) is 0 Å². The summed E-state index contributed by atoms with van der Waals surface area (Å²) in [5, 5.41) is 17.6. The lowest BCUT2D eigenvalue weighted by molar-refractivity contribution is -0.115. The van der Waals surface area contributed by atoms with Gasteiger partial charge in [-0.3, -0.25) is 15.0 Å². The van der Waals surface area contributed by atoms with Crippen LogP contribution in [0.25, 0.3) is 11.4 Å². The van der Waals surface area contributed by atoms with E-state index in [4.69, 9.17) is 0 Å². The minimum atomic E-state index is -0.0800. The highest BCUT2D eigenvalue weighted by Gasteiger charge is 2.19. The summed E-state index contributed by atoms with van der Waals surface area (Å²) in [5.41, 5.74) is 4.79. The first-order valence-corrected chi connectivity index (χ1v) is 9.10. The highest BCUT2D eigenvalue weighted by Crippen LogP contribution is 2.26. The molecule has 2 aromatic heterocycles. The second kappa shape index (κ2) is 7.11. The number of carbonyl (C=O) groups is 1. The molecule has 1 amide bonds. The number of para-hydroxylation sites is 1. The number of nitrogens with zero attached hydrogens (tertiary/aromatic N) is 3. The van der Waals surface area contributed by atoms with E-state index < -0.39 is 0 Å². The van der Waals surface area contributed by atoms with Gasteiger partial charge in [-0.15, -0.1) is 0 Å². The van der Waals surface area contributed by atoms with Gasteiger partial charge in [0, 0.05) is 17.7 Å². The molecule has 0 spiro atoms. The summed E-state index contributed by atoms with van der Waals surface area (Å²) in [5.74, 6) is 1.34. The average Bonchev–Trinajstić information content (AvgIpc) is 3.30. The van der Waals surface area contributed by atoms with E-state index in [1.54, 1.807) is 0 Å². The van der Waals surface area contributed by atoms with Crippen molar-refractivity contribution in [2.24, 2.45) is 0 Å². The van der Waals surface area contributed by atoms with Gasteiger partial charge in [0.1, 0.15) is 5.82 Å². The molecule has 0 fully saturated rings. The number of hydrogen-bond donors (Lipinski definition) is 3. The lowest BCUT2D eigenvalue weighted by Crippen LogP contribution is -2.16. The number of benzene rings is 1. The fourth-order valence-corrected chi connectivity index (χ4v) is 3.40. The van der Waals surface area contributed by atoms with Crippen molar-refractivity contribution >= 4 is 11.6 Å². The third kappa shape index (κ3) is 3.24. The van der Waals surface area contributed by atoms with Crippen molar-refractivity contribution in [3.05, 3.63) is 47.0 Å². The predicted molar refractivity (Wildman–Crippen MR) is 98.8 cm³/mol. The van der Waals surface area contributed by atoms with E-state index >= 15 is 0 Å². The third-order valence-electron chi connectivity index (χ3n) is 4.78. The minimum absolute atomic E-state index is 0.0800. The number of H-pyrrole nitrogens is 2. The molecule has 0 bridgehead atoms. The van der Waals surface area contributed by atoms with E-state index in [9.17, 15) is 4.79 Å². The Morgan fingerprint density at radius 1 is 1.15 bits per heavy atom. The number of fused-ring (bicyclic) bond motifs is 1. The van der Waals surface area contributed by atoms with Crippen LogP contribution in [0, 0.1) is 0 Å². The number of anilines is 1. The van der Waals surface area contributed by atoms with Crippen LogP contribution in [0.15, 0.2) is 24.3 Å². The van der Waals surface area contributed by atoms with Crippen LogP contribution in [-0.2, 0) is 30.5 Å². The van der Waals surface area contributed by atoms with Gasteiger partial charge in [0.25, 0.3) is 0 Å². The molecule has 2 heterocycles. The first-order chi connectivity index (χ1) is 12.7. The van der Waals surface area contributed by atoms with Gasteiger partial charge in [0.05, 0.1) is 17.8 Å². The molecule has 0 unspecified atom stereocenters. The summed E-state index contributed by atoms with van der Waals surface area (Å²) in [4.78, 5) is 17.1. The summed E-state index contributed by atoms with van der Waals surface area (Å²) in [7, 11) is 0. The molecule has 3 N–H and O–H groups in total. The van der Waals surface area contributed by atoms with Crippen molar-refractivity contribution in [3.8, 4) is 11.4 Å². The molecular weight excluding hydrogens is 328 g/mol. The molecule has 0 radical (unpaired) electrons. The second-order valence-electron chi connectivity index (χ2n) is 6.56. The first kappa shape index (κ1) is 16.5. The SMILES string of the molecule is CCc1nc(-c2ccccc2NC(=O)Cc2n[nH]c3c2CCCC3)n[nH]1. The number of amides is 1. The van der Waals surface area contributed by atoms with Crippen molar-refractivity contribution < 1.29 is 4.79 Å². The molecule has 0 atom stereocenters. The second-order valence-corrected chi connectivity index (χ2v) is 6.56. The van der Waals surface area contributed by atoms with Crippen LogP contribution < -0.4 is 5.32 Å². The topological polar surface area (TPSA) is 99.3 Å². The maximum absolute atomic E-state index is 12.6. The van der Waals surface area contributed by atoms with Gasteiger partial charge in [-0.1, -0.05) is 19.1 Å². The Bertz CT molecular complexity index is 926. The minimum Gasteiger partial charge on any atom is -0.325 e. The normalized spacial score (nSPS) is 13.4. The Labute approximate surface area is 151 Å². The molecule has 1 aliphatic rings. The van der Waals surface area contributed by atoms with Gasteiger partial charge < -0.3 is 5.32 Å². The Kier molecular flexibility index (Phi) is 4.51. The zero-order chi connectivity index (χ0) is 17.9. The van der Waals surface area contributed by atoms with E-state index in [-0.39, 0.29) is 12.3 Å². The van der Waals surface area contributed by atoms with Gasteiger partial charge in [-0.2, -0.15) is 10.2 Å². The maximum Gasteiger partial charge on any atom is 0.230 e. The van der Waals surface area contributed by atoms with Crippen molar-refractivity contribution in [1.29, 1.82) is 0 Å². The van der Waals surface area contributed by atoms with E-state index in [1.807, 2.05) is 31.2 Å². The molecule has 134 valence electrons. The van der Waals surface area contributed by atoms with Gasteiger partial charge in [-0.05, 0) is 43.4 Å². The number of aromatic nitrogens is 5. The Morgan fingerprint density at radius 3 is 2.85 bits per heavy atom. The van der Waals surface area contributed by atoms with Crippen molar-refractivity contribution in [3.63, 3.8) is 0 Å². The molecule has 0 saturated heterocycles. The quantitative estimate of drug-likeness (QED) is 0.659. The third-order valence-corrected chi connectivity index (χ3v) is 4.78. The van der Waals surface area contributed by atoms with E-state index in [1.165, 1.54) is 17.7 Å². The van der Waals surface area contributed by atoms with Gasteiger partial charge in [0.15, 0.2) is 5.82 Å². The fraction of sp³-hybridized carbons (Fsp3) is 0.368. The molecule has 0 saturated carbocycles. The van der Waals surface area contributed by atoms with Crippen LogP contribution in [0.2, 0.25) is 0 Å². The van der Waals surface area contributed by atoms with Crippen molar-refractivity contribution in [2.45, 2.75) is 45.4 Å². The summed E-state index contributed by atoms with van der Waals surface area (Å²) >= 11 is 0. The van der Waals surface area contributed by atoms with Crippen molar-refractivity contribution in [2.75, 3.05) is 5.32 Å². The Balaban J connectivity index is 1.52. The van der Waals surface area contributed by atoms with E-state index in [0.717, 1.165) is 42.8 Å². The summed E-state index contributed by atoms with van der Waals surface area (Å²) in [6.07, 6.45) is 5.43. The van der Waals surface area contributed by atoms with E-state index in [0.29, 0.717) is 11.5 Å². The fourth-order valence-electron chi connectivity index (χ4n) is 3.40. The monoisotopic (exact) mass is 350 g/mol. The number of aryl methyl sites for hydroxylation is 2. The largest absolute Gasteiger partial charge is 0.325 e. The Morgan fingerprint density at radius 2 is 2.00 bits per heavy atom. The molecule has 4 rings (SSSR count). The van der Waals surface area contributed by atoms with Crippen LogP contribution in [0.1, 0.15) is 42.5 Å². The Hall–Kier alpha value is -2.96. The molecule has 3 aromatic rings. The van der Waals surface area contributed by atoms with Crippen LogP contribution in [0.4, 0.5) is 5.69 Å². The number of hydrogen-bond acceptors (Lipinski definition) is 4. The first-order valence-electron chi connectivity index (χ1n) is 9.10. The van der Waals surface area contributed by atoms with Crippen LogP contribution in [0.5, 0.6) is 0 Å². The zero-order valence-corrected chi connectivity index (χ0v) is 14.8. The zero-order valence-electron chi connectivity index (χ0n) is 14.8. The molecule has 7 nitrogen and oxygen atoms in total. The van der Waals surface area contributed by atoms with E-state index in [2.05, 4.69) is 30.7 Å². The summed E-state index contributed by atoms with van der Waals surface area (Å²) < 4.78 is 0. The van der Waals surface area contributed by atoms with Gasteiger partial charge in [0.2, 0.25) is 5.91 Å². The number of rotatable bonds is 5. The smallest absolute Gasteiger partial charge is 0.230 e. The van der Waals surface area contributed by atoms with Crippen LogP contribution in [-0.4, -0.2) is 31.3 Å². The molecule has 7 heteroatoms. The standard InChI is InChI=1S/C19H22N6O/c1-2-17-21-19(25-24-17)13-8-4-5-9-14(13)20-18(26)11-16-12-7-3-6-10-15(12)22-23-16/h4-5,8-9H,2-3,6-7,10-11H2,1H3,(H,20,26)(H,22,23)(H,21,24,25). The molecular formula is C19H22N6O. The molecule has 26 heavy (non-hydrogen) atoms. The maximum atomic E-state index is 12.6. The lowest BCUT2D eigenvalue weighted by atomic mass is 9.95. The summed E-state index contributed by atoms with van der Waals surface area (Å²) in [6.45, 7) is 2.02. The molecule has 0 aliphatic heterocycles. The number of nitrogens with one attached hydrogen (secondary N) is 3. The number of aromatic amines is 2. The highest BCUT2D eigenvalue weighted by atomic mass is 16.1. The van der Waals surface area contributed by atoms with Crippen molar-refractivity contribution in [1.82, 2.24) is 25.4 Å². The highest BCUT2D eigenvalue weighted by molar-refractivity contribution is 5.95. The van der Waals surface area contributed by atoms with Crippen LogP contribution >= 0.6 is 0 Å². The number of carbonyl (C=O) groups excluding carboxylic acids is 1. The van der Waals surface area contributed by atoms with Gasteiger partial charge >= 0.3 is 0 Å². The average molecular weight is 350 g/mol. The molecule has 1 aromatic carbocycles. The van der Waals surface area contributed by atoms with Gasteiger partial charge in [-0.25, -0.2) is 4.98 Å². The lowest BCUT2D eigenvalue weighted by Gasteiger charge is -2.12. The predicted octanol–water partition coefficient (Wildman–Crippen LogP) is 2.82. The molecule has 1 aliphatic carbocycles. The summed E-state index contributed by atoms with van der Waals surface area (Å²) in [6, 6.07) is 7.59.